The number of rotatable bonds is 43. The molecule has 826 valence electrons. The summed E-state index contributed by atoms with van der Waals surface area (Å²) < 4.78 is 108. The van der Waals surface area contributed by atoms with E-state index in [1.807, 2.05) is 0 Å². The standard InChI is InChI=1S/C85H116N14O50/c100-18-43-51(108)55(112)67(124)82(142-43)146-71-47(22-104)138-77(63(120)59(71)116)96-14-33(88-92-96)26-134-39-5-30(6-40(12-39)135-27-34-15-97(93-89-34)78-64(121)60(117)72(48(23-105)139-78)147-83-68(125)56(113)52(109)44(19-101)143-83)75(128)86-1-3-132-37-9-32(81(130)131)10-38(11-37)133-4-2-87-76(129)31-7-41(136-28-35-16-98(94-90-35)79-65(122)61(118)73(49(24-106)140-79)148-84-69(126)57(114)53(110)45(20-102)144-84)13-42(8-31)137-29-36-17-99(95-91-36)80-66(123)62(119)74(50(25-107)141-80)149-85-70(127)58(115)54(111)46(21-103)145-85/h5-17,43-74,77-80,82-85,100-127H,1-4,18-29H2,(H,86,128)(H,87,129)(H,130,131)/t43-,44-,45-,46-,47-,48-,49-,50-,51+,52+,53+,54+,55+,56+,57+,58+,59-,60-,61-,62-,63-,64-,65-,66-,67-,68-,69-,70-,71+,72+,73+,74+,77-,78-,79-,80-,82-,83-,84-,85-/m1/s1. The van der Waals surface area contributed by atoms with Gasteiger partial charge in [0.2, 0.25) is 0 Å². The van der Waals surface area contributed by atoms with Crippen molar-refractivity contribution in [3.63, 3.8) is 0 Å². The molecule has 8 fully saturated rings. The van der Waals surface area contributed by atoms with Crippen molar-refractivity contribution in [2.24, 2.45) is 0 Å². The molecule has 15 rings (SSSR count). The maximum absolute atomic E-state index is 14.2. The van der Waals surface area contributed by atoms with Gasteiger partial charge in [-0.25, -0.2) is 23.5 Å². The molecule has 12 heterocycles. The fraction of sp³-hybridized carbons (Fsp3) is 0.659. The summed E-state index contributed by atoms with van der Waals surface area (Å²) in [6.45, 7) is -10.0. The molecule has 0 radical (unpaired) electrons. The van der Waals surface area contributed by atoms with E-state index in [2.05, 4.69) is 51.9 Å². The maximum Gasteiger partial charge on any atom is 0.335 e. The van der Waals surface area contributed by atoms with Gasteiger partial charge in [-0.2, -0.15) is 0 Å². The minimum atomic E-state index is -1.94. The molecular weight excluding hydrogens is 2020 g/mol. The highest BCUT2D eigenvalue weighted by Crippen LogP contribution is 2.41. The fourth-order valence-corrected chi connectivity index (χ4v) is 17.3. The second-order valence-corrected chi connectivity index (χ2v) is 35.6. The van der Waals surface area contributed by atoms with Crippen LogP contribution in [0.3, 0.4) is 0 Å². The van der Waals surface area contributed by atoms with Crippen LogP contribution < -0.4 is 39.1 Å². The Balaban J connectivity index is 0.598. The van der Waals surface area contributed by atoms with Crippen LogP contribution in [0.4, 0.5) is 0 Å². The van der Waals surface area contributed by atoms with Crippen LogP contribution in [0.1, 0.15) is 78.8 Å². The number of nitrogens with zero attached hydrogens (tertiary/aromatic N) is 12. The van der Waals surface area contributed by atoms with E-state index >= 15 is 0 Å². The van der Waals surface area contributed by atoms with E-state index in [0.717, 1.165) is 30.9 Å². The lowest BCUT2D eigenvalue weighted by molar-refractivity contribution is -0.347. The van der Waals surface area contributed by atoms with Gasteiger partial charge in [0, 0.05) is 29.3 Å². The summed E-state index contributed by atoms with van der Waals surface area (Å²) in [6, 6.07) is 11.3. The van der Waals surface area contributed by atoms with Gasteiger partial charge in [-0.05, 0) is 36.4 Å². The number of nitrogens with one attached hydrogen (secondary N) is 2. The van der Waals surface area contributed by atoms with E-state index in [9.17, 15) is 162 Å². The molecule has 0 unspecified atom stereocenters. The summed E-state index contributed by atoms with van der Waals surface area (Å²) in [6.07, 6.45) is -65.1. The summed E-state index contributed by atoms with van der Waals surface area (Å²) >= 11 is 0. The van der Waals surface area contributed by atoms with Gasteiger partial charge in [0.1, 0.15) is 292 Å². The molecule has 8 saturated heterocycles. The minimum Gasteiger partial charge on any atom is -0.492 e. The van der Waals surface area contributed by atoms with Crippen molar-refractivity contribution < 1.29 is 248 Å². The first-order chi connectivity index (χ1) is 71.4. The number of benzene rings is 3. The predicted octanol–water partition coefficient (Wildman–Crippen LogP) is -17.1. The highest BCUT2D eigenvalue weighted by Gasteiger charge is 2.58. The molecule has 8 aliphatic heterocycles. The zero-order chi connectivity index (χ0) is 107. The Bertz CT molecular complexity index is 4900. The number of carbonyl (C=O) groups excluding carboxylic acids is 2. The summed E-state index contributed by atoms with van der Waals surface area (Å²) in [4.78, 5) is 41.1. The Hall–Kier alpha value is -10.2. The van der Waals surface area contributed by atoms with Crippen molar-refractivity contribution in [2.75, 3.05) is 79.2 Å². The molecule has 2 amide bonds. The van der Waals surface area contributed by atoms with Crippen molar-refractivity contribution in [3.8, 4) is 34.5 Å². The second kappa shape index (κ2) is 50.2. The molecule has 40 atom stereocenters. The zero-order valence-corrected chi connectivity index (χ0v) is 77.8. The zero-order valence-electron chi connectivity index (χ0n) is 77.8. The predicted molar refractivity (Wildman–Crippen MR) is 466 cm³/mol. The van der Waals surface area contributed by atoms with Gasteiger partial charge in [-0.15, -0.1) is 20.4 Å². The van der Waals surface area contributed by atoms with E-state index < -0.39 is 342 Å². The number of aromatic nitrogens is 12. The Morgan fingerprint density at radius 1 is 0.262 bits per heavy atom. The quantitative estimate of drug-likeness (QED) is 0.0158. The topological polar surface area (TPSA) is 951 Å². The number of ether oxygens (including phenoxy) is 18. The number of amides is 2. The summed E-state index contributed by atoms with van der Waals surface area (Å²) in [5.74, 6) is -3.61. The van der Waals surface area contributed by atoms with Crippen molar-refractivity contribution >= 4 is 17.8 Å². The third-order valence-electron chi connectivity index (χ3n) is 25.5. The molecule has 149 heavy (non-hydrogen) atoms. The van der Waals surface area contributed by atoms with E-state index in [-0.39, 0.29) is 100 Å². The van der Waals surface area contributed by atoms with Gasteiger partial charge in [0.05, 0.1) is 96.3 Å². The summed E-state index contributed by atoms with van der Waals surface area (Å²) in [7, 11) is 0. The summed E-state index contributed by atoms with van der Waals surface area (Å²) in [5.41, 5.74) is -0.601. The molecular formula is C85H116N14O50. The van der Waals surface area contributed by atoms with Crippen LogP contribution in [-0.4, -0.2) is 525 Å². The minimum absolute atomic E-state index is 0.0109. The van der Waals surface area contributed by atoms with E-state index in [4.69, 9.17) is 85.3 Å². The largest absolute Gasteiger partial charge is 0.492 e. The van der Waals surface area contributed by atoms with Crippen molar-refractivity contribution in [1.82, 2.24) is 70.6 Å². The Kier molecular flexibility index (Phi) is 38.0. The first kappa shape index (κ1) is 113. The Labute approximate surface area is 837 Å². The maximum atomic E-state index is 14.2. The van der Waals surface area contributed by atoms with Crippen LogP contribution in [0.2, 0.25) is 0 Å². The number of carboxylic acids is 1. The van der Waals surface area contributed by atoms with E-state index in [1.165, 1.54) is 67.3 Å². The molecule has 0 aliphatic carbocycles. The third kappa shape index (κ3) is 25.5. The summed E-state index contributed by atoms with van der Waals surface area (Å²) in [5, 5.41) is 344. The van der Waals surface area contributed by atoms with E-state index in [0.29, 0.717) is 0 Å². The van der Waals surface area contributed by atoms with Crippen LogP contribution in [0.5, 0.6) is 34.5 Å². The fourth-order valence-electron chi connectivity index (χ4n) is 17.3. The van der Waals surface area contributed by atoms with Gasteiger partial charge >= 0.3 is 5.97 Å². The van der Waals surface area contributed by atoms with Gasteiger partial charge in [-0.3, -0.25) is 9.59 Å². The lowest BCUT2D eigenvalue weighted by atomic mass is 9.96. The monoisotopic (exact) mass is 2130 g/mol. The number of carboxylic acid groups (broad SMARTS) is 1. The molecule has 0 spiro atoms. The number of carbonyl (C=O) groups is 3. The van der Waals surface area contributed by atoms with Crippen LogP contribution >= 0.6 is 0 Å². The molecule has 31 N–H and O–H groups in total. The molecule has 64 nitrogen and oxygen atoms in total. The van der Waals surface area contributed by atoms with Crippen molar-refractivity contribution in [3.05, 3.63) is 119 Å². The number of hydrogen-bond acceptors (Lipinski definition) is 57. The molecule has 3 aromatic carbocycles. The lowest BCUT2D eigenvalue weighted by Crippen LogP contribution is -2.63. The van der Waals surface area contributed by atoms with Gasteiger partial charge in [0.15, 0.2) is 50.1 Å². The van der Waals surface area contributed by atoms with Gasteiger partial charge in [-0.1, -0.05) is 20.9 Å². The highest BCUT2D eigenvalue weighted by atomic mass is 16.8. The first-order valence-electron chi connectivity index (χ1n) is 46.4. The first-order valence-corrected chi connectivity index (χ1v) is 46.4. The number of aromatic carboxylic acids is 1. The van der Waals surface area contributed by atoms with Crippen LogP contribution in [0.15, 0.2) is 79.4 Å². The van der Waals surface area contributed by atoms with Crippen molar-refractivity contribution in [2.45, 2.75) is 272 Å². The Morgan fingerprint density at radius 3 is 0.691 bits per heavy atom. The number of aliphatic hydroxyl groups is 28. The van der Waals surface area contributed by atoms with Crippen LogP contribution in [-0.2, 0) is 83.3 Å². The molecule has 4 aromatic heterocycles. The highest BCUT2D eigenvalue weighted by molar-refractivity contribution is 5.95. The Morgan fingerprint density at radius 2 is 0.477 bits per heavy atom. The molecule has 64 heteroatoms. The third-order valence-corrected chi connectivity index (χ3v) is 25.5. The molecule has 0 saturated carbocycles. The normalized spacial score (nSPS) is 36.5. The second-order valence-electron chi connectivity index (χ2n) is 35.6. The average Bonchev–Trinajstić information content (AvgIpc) is 1.73. The lowest BCUT2D eigenvalue weighted by Gasteiger charge is -2.45. The van der Waals surface area contributed by atoms with Gasteiger partial charge in [0.25, 0.3) is 11.8 Å². The van der Waals surface area contributed by atoms with Crippen molar-refractivity contribution in [1.29, 1.82) is 0 Å². The number of aliphatic hydroxyl groups excluding tert-OH is 28. The molecule has 7 aromatic rings. The number of hydrogen-bond donors (Lipinski definition) is 31. The SMILES string of the molecule is O=C(O)c1cc(OCCNC(=O)c2cc(OCc3cn([C@@H]4O[C@H](CO)[C@H](O[C@H]5O[C@H](CO)[C@H](O)[C@H](O)[C@H]5O)[C@H](O)[C@H]4O)nn3)cc(OCc3cn([C@@H]4O[C@H](CO)[C@H](O[C@H]5O[C@H](CO)[C@H](O)[C@H](O)[C@H]5O)[C@H](O)[C@H]4O)nn3)c2)cc(OCCNC(=O)c2cc(OCc3cn([C@@H]4O[C@H](CO)[C@H](O[C@H]5O[C@H](CO)[C@H](O)[C@H](O)[C@H]5O)[C@H](O)[C@H]4O)nn3)cc(OCc3cn([C@@H]4O[C@H](CO)[C@H](O[C@H]5O[C@H](CO)[C@H](O)[C@H](O)[C@H]5O)[C@H](O)[C@H]4O)nn3)c2)c1. The molecule has 8 aliphatic rings. The van der Waals surface area contributed by atoms with Crippen LogP contribution in [0.25, 0.3) is 0 Å². The van der Waals surface area contributed by atoms with E-state index in [1.54, 1.807) is 0 Å². The average molecular weight is 2130 g/mol. The van der Waals surface area contributed by atoms with Gasteiger partial charge < -0.3 is 244 Å². The van der Waals surface area contributed by atoms with Crippen LogP contribution in [0, 0.1) is 0 Å². The molecule has 0 bridgehead atoms. The smallest absolute Gasteiger partial charge is 0.335 e.